The van der Waals surface area contributed by atoms with Gasteiger partial charge in [-0.2, -0.15) is 0 Å². The predicted molar refractivity (Wildman–Crippen MR) is 73.4 cm³/mol. The third-order valence-electron chi connectivity index (χ3n) is 4.35. The van der Waals surface area contributed by atoms with Crippen molar-refractivity contribution in [2.24, 2.45) is 5.92 Å². The summed E-state index contributed by atoms with van der Waals surface area (Å²) in [5, 5.41) is 10.4. The normalized spacial score (nSPS) is 25.3. The Morgan fingerprint density at radius 1 is 1.32 bits per heavy atom. The molecule has 3 atom stereocenters. The number of benzene rings is 1. The Kier molecular flexibility index (Phi) is 3.76. The molecular formula is C16H22O3. The van der Waals surface area contributed by atoms with E-state index in [1.54, 1.807) is 7.11 Å². The van der Waals surface area contributed by atoms with Crippen LogP contribution in [0.2, 0.25) is 0 Å². The summed E-state index contributed by atoms with van der Waals surface area (Å²) in [6, 6.07) is 8.18. The summed E-state index contributed by atoms with van der Waals surface area (Å²) in [6.45, 7) is 0.746. The first-order valence-corrected chi connectivity index (χ1v) is 7.22. The molecule has 0 spiro atoms. The average molecular weight is 262 g/mol. The second-order valence-electron chi connectivity index (χ2n) is 5.71. The van der Waals surface area contributed by atoms with E-state index in [4.69, 9.17) is 9.47 Å². The van der Waals surface area contributed by atoms with Gasteiger partial charge in [-0.25, -0.2) is 0 Å². The molecule has 0 amide bonds. The number of fused-ring (bicyclic) bond motifs is 1. The van der Waals surface area contributed by atoms with Crippen LogP contribution < -0.4 is 4.74 Å². The maximum atomic E-state index is 10.4. The summed E-state index contributed by atoms with van der Waals surface area (Å²) in [6.07, 6.45) is 3.79. The van der Waals surface area contributed by atoms with Gasteiger partial charge in [0, 0.05) is 7.11 Å². The molecule has 0 radical (unpaired) electrons. The molecule has 1 fully saturated rings. The van der Waals surface area contributed by atoms with Gasteiger partial charge < -0.3 is 14.6 Å². The molecule has 3 unspecified atom stereocenters. The van der Waals surface area contributed by atoms with Crippen molar-refractivity contribution in [3.05, 3.63) is 29.8 Å². The standard InChI is InChI=1S/C16H22O3/c1-18-16(11-6-7-11)14(17)10-12-8-9-19-15-5-3-2-4-13(12)15/h2-5,11-12,14,16-17H,6-10H2,1H3. The van der Waals surface area contributed by atoms with E-state index in [0.29, 0.717) is 11.8 Å². The van der Waals surface area contributed by atoms with Crippen molar-refractivity contribution in [3.63, 3.8) is 0 Å². The zero-order valence-corrected chi connectivity index (χ0v) is 11.4. The van der Waals surface area contributed by atoms with Crippen LogP contribution in [0.25, 0.3) is 0 Å². The fourth-order valence-corrected chi connectivity index (χ4v) is 3.17. The van der Waals surface area contributed by atoms with Crippen LogP contribution in [0.3, 0.4) is 0 Å². The lowest BCUT2D eigenvalue weighted by Crippen LogP contribution is -2.32. The predicted octanol–water partition coefficient (Wildman–Crippen LogP) is 2.73. The van der Waals surface area contributed by atoms with Gasteiger partial charge in [0.1, 0.15) is 5.75 Å². The van der Waals surface area contributed by atoms with E-state index < -0.39 is 0 Å². The molecule has 1 N–H and O–H groups in total. The van der Waals surface area contributed by atoms with E-state index in [2.05, 4.69) is 6.07 Å². The van der Waals surface area contributed by atoms with Gasteiger partial charge in [-0.15, -0.1) is 0 Å². The maximum Gasteiger partial charge on any atom is 0.122 e. The second kappa shape index (κ2) is 5.51. The van der Waals surface area contributed by atoms with Crippen molar-refractivity contribution in [3.8, 4) is 5.75 Å². The molecule has 104 valence electrons. The molecule has 0 bridgehead atoms. The van der Waals surface area contributed by atoms with Gasteiger partial charge in [-0.1, -0.05) is 18.2 Å². The monoisotopic (exact) mass is 262 g/mol. The molecular weight excluding hydrogens is 240 g/mol. The van der Waals surface area contributed by atoms with E-state index in [-0.39, 0.29) is 12.2 Å². The molecule has 1 saturated carbocycles. The zero-order chi connectivity index (χ0) is 13.2. The molecule has 19 heavy (non-hydrogen) atoms. The van der Waals surface area contributed by atoms with Crippen molar-refractivity contribution in [1.82, 2.24) is 0 Å². The van der Waals surface area contributed by atoms with Gasteiger partial charge in [0.25, 0.3) is 0 Å². The Hall–Kier alpha value is -1.06. The number of aliphatic hydroxyl groups excluding tert-OH is 1. The minimum Gasteiger partial charge on any atom is -0.493 e. The summed E-state index contributed by atoms with van der Waals surface area (Å²) in [5.74, 6) is 1.93. The van der Waals surface area contributed by atoms with Crippen LogP contribution in [0.1, 0.15) is 37.2 Å². The molecule has 0 aromatic heterocycles. The third-order valence-corrected chi connectivity index (χ3v) is 4.35. The van der Waals surface area contributed by atoms with E-state index in [9.17, 15) is 5.11 Å². The largest absolute Gasteiger partial charge is 0.493 e. The number of aliphatic hydroxyl groups is 1. The summed E-state index contributed by atoms with van der Waals surface area (Å²) < 4.78 is 11.2. The third kappa shape index (κ3) is 2.77. The molecule has 3 rings (SSSR count). The van der Waals surface area contributed by atoms with Crippen molar-refractivity contribution in [2.45, 2.75) is 43.8 Å². The number of hydrogen-bond donors (Lipinski definition) is 1. The zero-order valence-electron chi connectivity index (χ0n) is 11.4. The molecule has 3 nitrogen and oxygen atoms in total. The Morgan fingerprint density at radius 3 is 2.84 bits per heavy atom. The van der Waals surface area contributed by atoms with Crippen molar-refractivity contribution < 1.29 is 14.6 Å². The highest BCUT2D eigenvalue weighted by Gasteiger charge is 2.37. The fraction of sp³-hybridized carbons (Fsp3) is 0.625. The fourth-order valence-electron chi connectivity index (χ4n) is 3.17. The Morgan fingerprint density at radius 2 is 2.11 bits per heavy atom. The Labute approximate surface area is 114 Å². The smallest absolute Gasteiger partial charge is 0.122 e. The highest BCUT2D eigenvalue weighted by atomic mass is 16.5. The molecule has 1 aromatic rings. The van der Waals surface area contributed by atoms with E-state index in [0.717, 1.165) is 25.2 Å². The van der Waals surface area contributed by atoms with Crippen LogP contribution >= 0.6 is 0 Å². The van der Waals surface area contributed by atoms with E-state index in [1.165, 1.54) is 18.4 Å². The lowest BCUT2D eigenvalue weighted by Gasteiger charge is -2.30. The first kappa shape index (κ1) is 12.9. The first-order valence-electron chi connectivity index (χ1n) is 7.22. The van der Waals surface area contributed by atoms with Gasteiger partial charge >= 0.3 is 0 Å². The van der Waals surface area contributed by atoms with Crippen LogP contribution in [0, 0.1) is 5.92 Å². The van der Waals surface area contributed by atoms with Crippen LogP contribution in [-0.2, 0) is 4.74 Å². The van der Waals surface area contributed by atoms with E-state index in [1.807, 2.05) is 18.2 Å². The number of methoxy groups -OCH3 is 1. The second-order valence-corrected chi connectivity index (χ2v) is 5.71. The lowest BCUT2D eigenvalue weighted by molar-refractivity contribution is -0.0322. The van der Waals surface area contributed by atoms with Crippen LogP contribution in [0.5, 0.6) is 5.75 Å². The summed E-state index contributed by atoms with van der Waals surface area (Å²) in [4.78, 5) is 0. The van der Waals surface area contributed by atoms with Gasteiger partial charge in [0.2, 0.25) is 0 Å². The quantitative estimate of drug-likeness (QED) is 0.886. The molecule has 0 saturated heterocycles. The number of rotatable bonds is 5. The molecule has 3 heteroatoms. The van der Waals surface area contributed by atoms with Crippen molar-refractivity contribution >= 4 is 0 Å². The summed E-state index contributed by atoms with van der Waals surface area (Å²) in [5.41, 5.74) is 1.23. The topological polar surface area (TPSA) is 38.7 Å². The van der Waals surface area contributed by atoms with Crippen LogP contribution in [0.4, 0.5) is 0 Å². The van der Waals surface area contributed by atoms with Crippen molar-refractivity contribution in [1.29, 1.82) is 0 Å². The summed E-state index contributed by atoms with van der Waals surface area (Å²) in [7, 11) is 1.71. The highest BCUT2D eigenvalue weighted by Crippen LogP contribution is 2.40. The molecule has 1 aliphatic carbocycles. The maximum absolute atomic E-state index is 10.4. The SMILES string of the molecule is COC(C(O)CC1CCOc2ccccc21)C1CC1. The molecule has 1 heterocycles. The van der Waals surface area contributed by atoms with Gasteiger partial charge in [0.15, 0.2) is 0 Å². The minimum absolute atomic E-state index is 0.00927. The van der Waals surface area contributed by atoms with Gasteiger partial charge in [-0.05, 0) is 49.1 Å². The first-order chi connectivity index (χ1) is 9.29. The van der Waals surface area contributed by atoms with Gasteiger partial charge in [0.05, 0.1) is 18.8 Å². The number of hydrogen-bond acceptors (Lipinski definition) is 3. The van der Waals surface area contributed by atoms with Gasteiger partial charge in [-0.3, -0.25) is 0 Å². The lowest BCUT2D eigenvalue weighted by atomic mass is 9.86. The summed E-state index contributed by atoms with van der Waals surface area (Å²) >= 11 is 0. The Bertz CT molecular complexity index is 428. The molecule has 1 aromatic carbocycles. The minimum atomic E-state index is -0.367. The van der Waals surface area contributed by atoms with E-state index >= 15 is 0 Å². The van der Waals surface area contributed by atoms with Crippen LogP contribution in [0.15, 0.2) is 24.3 Å². The highest BCUT2D eigenvalue weighted by molar-refractivity contribution is 5.37. The van der Waals surface area contributed by atoms with Crippen LogP contribution in [-0.4, -0.2) is 31.0 Å². The Balaban J connectivity index is 1.70. The molecule has 1 aliphatic heterocycles. The molecule has 2 aliphatic rings. The number of ether oxygens (including phenoxy) is 2. The number of para-hydroxylation sites is 1. The average Bonchev–Trinajstić information content (AvgIpc) is 3.25. The van der Waals surface area contributed by atoms with Crippen molar-refractivity contribution in [2.75, 3.05) is 13.7 Å².